The average Bonchev–Trinajstić information content (AvgIpc) is 2.65. The summed E-state index contributed by atoms with van der Waals surface area (Å²) in [6, 6.07) is 6.75. The summed E-state index contributed by atoms with van der Waals surface area (Å²) in [6.45, 7) is 3.71. The van der Waals surface area contributed by atoms with Gasteiger partial charge in [-0.2, -0.15) is 0 Å². The molecule has 1 amide bonds. The first kappa shape index (κ1) is 21.0. The summed E-state index contributed by atoms with van der Waals surface area (Å²) in [5, 5.41) is 11.9. The number of carboxylic acid groups (broad SMARTS) is 1. The summed E-state index contributed by atoms with van der Waals surface area (Å²) in [4.78, 5) is 24.2. The predicted octanol–water partition coefficient (Wildman–Crippen LogP) is 3.19. The minimum atomic E-state index is -1.44. The van der Waals surface area contributed by atoms with Crippen LogP contribution in [0.5, 0.6) is 17.2 Å². The lowest BCUT2D eigenvalue weighted by Gasteiger charge is -2.17. The molecule has 150 valence electrons. The van der Waals surface area contributed by atoms with Crippen LogP contribution in [0.25, 0.3) is 0 Å². The van der Waals surface area contributed by atoms with E-state index in [1.54, 1.807) is 6.07 Å². The Morgan fingerprint density at radius 2 is 1.64 bits per heavy atom. The van der Waals surface area contributed by atoms with Crippen molar-refractivity contribution in [1.82, 2.24) is 5.32 Å². The zero-order valence-electron chi connectivity index (χ0n) is 16.0. The van der Waals surface area contributed by atoms with Gasteiger partial charge >= 0.3 is 5.97 Å². The van der Waals surface area contributed by atoms with Crippen LogP contribution in [0.3, 0.4) is 0 Å². The maximum atomic E-state index is 13.9. The Morgan fingerprint density at radius 3 is 2.18 bits per heavy atom. The van der Waals surface area contributed by atoms with Crippen LogP contribution in [0.1, 0.15) is 35.8 Å². The lowest BCUT2D eigenvalue weighted by atomic mass is 10.1. The molecule has 0 aromatic heterocycles. The van der Waals surface area contributed by atoms with Crippen LogP contribution in [-0.4, -0.2) is 37.3 Å². The molecule has 0 fully saturated rings. The fourth-order valence-corrected chi connectivity index (χ4v) is 2.52. The van der Waals surface area contributed by atoms with Crippen LogP contribution in [0.2, 0.25) is 0 Å². The van der Waals surface area contributed by atoms with Gasteiger partial charge in [-0.05, 0) is 49.7 Å². The molecule has 0 bridgehead atoms. The molecule has 0 radical (unpaired) electrons. The Kier molecular flexibility index (Phi) is 6.81. The minimum absolute atomic E-state index is 0.0234. The number of hydrogen-bond donors (Lipinski definition) is 2. The first-order chi connectivity index (χ1) is 13.3. The molecule has 2 rings (SSSR count). The van der Waals surface area contributed by atoms with E-state index in [-0.39, 0.29) is 23.0 Å². The van der Waals surface area contributed by atoms with Crippen LogP contribution in [0.15, 0.2) is 36.4 Å². The lowest BCUT2D eigenvalue weighted by molar-refractivity contribution is -0.139. The molecule has 0 heterocycles. The van der Waals surface area contributed by atoms with Gasteiger partial charge in [-0.3, -0.25) is 4.79 Å². The summed E-state index contributed by atoms with van der Waals surface area (Å²) in [5.41, 5.74) is 0.249. The fourth-order valence-electron chi connectivity index (χ4n) is 2.52. The number of carboxylic acids is 1. The number of halogens is 1. The lowest BCUT2D eigenvalue weighted by Crippen LogP contribution is -2.33. The Morgan fingerprint density at radius 1 is 1.00 bits per heavy atom. The Labute approximate surface area is 162 Å². The van der Waals surface area contributed by atoms with Gasteiger partial charge in [-0.15, -0.1) is 0 Å². The van der Waals surface area contributed by atoms with Crippen molar-refractivity contribution in [2.75, 3.05) is 14.2 Å². The normalized spacial score (nSPS) is 11.6. The summed E-state index contributed by atoms with van der Waals surface area (Å²) in [7, 11) is 2.74. The molecule has 2 aromatic carbocycles. The van der Waals surface area contributed by atoms with Crippen molar-refractivity contribution < 1.29 is 33.3 Å². The second-order valence-electron chi connectivity index (χ2n) is 6.17. The number of amides is 1. The maximum absolute atomic E-state index is 13.9. The van der Waals surface area contributed by atoms with Crippen molar-refractivity contribution in [3.05, 3.63) is 53.3 Å². The van der Waals surface area contributed by atoms with Gasteiger partial charge in [0.05, 0.1) is 20.3 Å². The van der Waals surface area contributed by atoms with Crippen molar-refractivity contribution in [2.45, 2.75) is 26.0 Å². The number of rotatable bonds is 8. The molecule has 0 saturated carbocycles. The van der Waals surface area contributed by atoms with E-state index >= 15 is 0 Å². The van der Waals surface area contributed by atoms with Crippen LogP contribution in [0.4, 0.5) is 4.39 Å². The van der Waals surface area contributed by atoms with Crippen molar-refractivity contribution in [3.63, 3.8) is 0 Å². The first-order valence-electron chi connectivity index (χ1n) is 8.48. The van der Waals surface area contributed by atoms with E-state index in [9.17, 15) is 19.1 Å². The SMILES string of the molecule is COc1ccc(C(NC(=O)c2ccc(OC(C)C)c(OC)c2)C(=O)O)cc1F. The van der Waals surface area contributed by atoms with E-state index in [1.807, 2.05) is 13.8 Å². The van der Waals surface area contributed by atoms with Gasteiger partial charge < -0.3 is 24.6 Å². The summed E-state index contributed by atoms with van der Waals surface area (Å²) in [6.07, 6.45) is -0.0880. The number of ether oxygens (including phenoxy) is 3. The fraction of sp³-hybridized carbons (Fsp3) is 0.300. The Hall–Kier alpha value is -3.29. The number of hydrogen-bond acceptors (Lipinski definition) is 5. The standard InChI is InChI=1S/C20H22FNO6/c1-11(2)28-16-8-6-13(10-17(16)27-4)19(23)22-18(20(24)25)12-5-7-15(26-3)14(21)9-12/h5-11,18H,1-4H3,(H,22,23)(H,24,25). The summed E-state index contributed by atoms with van der Waals surface area (Å²) in [5.74, 6) is -1.94. The van der Waals surface area contributed by atoms with E-state index in [0.29, 0.717) is 11.5 Å². The zero-order chi connectivity index (χ0) is 20.8. The third-order valence-electron chi connectivity index (χ3n) is 3.82. The van der Waals surface area contributed by atoms with Gasteiger partial charge in [-0.25, -0.2) is 9.18 Å². The van der Waals surface area contributed by atoms with E-state index < -0.39 is 23.7 Å². The molecule has 8 heteroatoms. The van der Waals surface area contributed by atoms with Crippen LogP contribution in [0, 0.1) is 5.82 Å². The third-order valence-corrected chi connectivity index (χ3v) is 3.82. The molecular formula is C20H22FNO6. The maximum Gasteiger partial charge on any atom is 0.330 e. The minimum Gasteiger partial charge on any atom is -0.494 e. The molecule has 0 aliphatic rings. The Bertz CT molecular complexity index is 868. The van der Waals surface area contributed by atoms with Crippen molar-refractivity contribution in [1.29, 1.82) is 0 Å². The van der Waals surface area contributed by atoms with E-state index in [4.69, 9.17) is 14.2 Å². The third kappa shape index (κ3) is 4.91. The molecule has 1 atom stereocenters. The van der Waals surface area contributed by atoms with Gasteiger partial charge in [0, 0.05) is 5.56 Å². The second kappa shape index (κ2) is 9.07. The largest absolute Gasteiger partial charge is 0.494 e. The van der Waals surface area contributed by atoms with Gasteiger partial charge in [0.1, 0.15) is 0 Å². The molecule has 7 nitrogen and oxygen atoms in total. The molecule has 1 unspecified atom stereocenters. The van der Waals surface area contributed by atoms with Gasteiger partial charge in [0.2, 0.25) is 0 Å². The number of methoxy groups -OCH3 is 2. The topological polar surface area (TPSA) is 94.1 Å². The second-order valence-corrected chi connectivity index (χ2v) is 6.17. The highest BCUT2D eigenvalue weighted by Crippen LogP contribution is 2.29. The van der Waals surface area contributed by atoms with Crippen molar-refractivity contribution in [3.8, 4) is 17.2 Å². The van der Waals surface area contributed by atoms with E-state index in [0.717, 1.165) is 6.07 Å². The molecule has 2 aromatic rings. The zero-order valence-corrected chi connectivity index (χ0v) is 16.0. The molecule has 28 heavy (non-hydrogen) atoms. The van der Waals surface area contributed by atoms with Crippen LogP contribution in [-0.2, 0) is 4.79 Å². The van der Waals surface area contributed by atoms with Gasteiger partial charge in [-0.1, -0.05) is 6.07 Å². The van der Waals surface area contributed by atoms with Crippen LogP contribution < -0.4 is 19.5 Å². The summed E-state index contributed by atoms with van der Waals surface area (Å²) >= 11 is 0. The molecule has 2 N–H and O–H groups in total. The predicted molar refractivity (Wildman–Crippen MR) is 99.6 cm³/mol. The Balaban J connectivity index is 2.27. The van der Waals surface area contributed by atoms with Crippen molar-refractivity contribution in [2.24, 2.45) is 0 Å². The monoisotopic (exact) mass is 391 g/mol. The number of carbonyl (C=O) groups excluding carboxylic acids is 1. The van der Waals surface area contributed by atoms with Crippen molar-refractivity contribution >= 4 is 11.9 Å². The van der Waals surface area contributed by atoms with Crippen LogP contribution >= 0.6 is 0 Å². The van der Waals surface area contributed by atoms with Gasteiger partial charge in [0.25, 0.3) is 5.91 Å². The number of nitrogens with one attached hydrogen (secondary N) is 1. The molecule has 0 aliphatic carbocycles. The molecular weight excluding hydrogens is 369 g/mol. The number of benzene rings is 2. The highest BCUT2D eigenvalue weighted by atomic mass is 19.1. The first-order valence-corrected chi connectivity index (χ1v) is 8.48. The number of carbonyl (C=O) groups is 2. The summed E-state index contributed by atoms with van der Waals surface area (Å²) < 4.78 is 29.6. The highest BCUT2D eigenvalue weighted by Gasteiger charge is 2.24. The van der Waals surface area contributed by atoms with E-state index in [2.05, 4.69) is 5.32 Å². The smallest absolute Gasteiger partial charge is 0.330 e. The molecule has 0 saturated heterocycles. The highest BCUT2D eigenvalue weighted by molar-refractivity contribution is 5.97. The van der Waals surface area contributed by atoms with E-state index in [1.165, 1.54) is 38.5 Å². The van der Waals surface area contributed by atoms with Gasteiger partial charge in [0.15, 0.2) is 29.1 Å². The number of aliphatic carboxylic acids is 1. The quantitative estimate of drug-likeness (QED) is 0.718. The molecule has 0 spiro atoms. The average molecular weight is 391 g/mol. The molecule has 0 aliphatic heterocycles.